The average Bonchev–Trinajstić information content (AvgIpc) is 3.09. The summed E-state index contributed by atoms with van der Waals surface area (Å²) in [7, 11) is 0. The van der Waals surface area contributed by atoms with Gasteiger partial charge in [0.15, 0.2) is 5.65 Å². The van der Waals surface area contributed by atoms with Gasteiger partial charge in [-0.3, -0.25) is 0 Å². The van der Waals surface area contributed by atoms with E-state index >= 15 is 0 Å². The third kappa shape index (κ3) is 4.04. The largest absolute Gasteiger partial charge is 0.390 e. The molecule has 28 heavy (non-hydrogen) atoms. The number of nitrogens with one attached hydrogen (secondary N) is 1. The summed E-state index contributed by atoms with van der Waals surface area (Å²) in [5.74, 6) is 1.93. The van der Waals surface area contributed by atoms with Crippen molar-refractivity contribution in [1.82, 2.24) is 14.6 Å². The molecule has 148 valence electrons. The minimum absolute atomic E-state index is 0.418. The Morgan fingerprint density at radius 3 is 2.64 bits per heavy atom. The standard InChI is InChI=1S/C23H30N4O/c1-16-5-4-6-18(13-16)20-15-25-22-12-11-21(26-27(20)22)24-14-17-7-9-19(10-8-17)23(2,3)28/h4-6,11-13,15,17,19,28H,7-10,14H2,1-3H3,(H,24,26). The van der Waals surface area contributed by atoms with Crippen molar-refractivity contribution in [2.75, 3.05) is 11.9 Å². The second-order valence-corrected chi connectivity index (χ2v) is 8.75. The zero-order chi connectivity index (χ0) is 19.7. The summed E-state index contributed by atoms with van der Waals surface area (Å²) in [5, 5.41) is 18.5. The molecule has 1 fully saturated rings. The van der Waals surface area contributed by atoms with Crippen LogP contribution < -0.4 is 5.32 Å². The first-order valence-corrected chi connectivity index (χ1v) is 10.3. The van der Waals surface area contributed by atoms with Gasteiger partial charge < -0.3 is 10.4 Å². The molecular formula is C23H30N4O. The normalized spacial score (nSPS) is 20.4. The van der Waals surface area contributed by atoms with Gasteiger partial charge in [0.05, 0.1) is 17.5 Å². The molecule has 0 bridgehead atoms. The van der Waals surface area contributed by atoms with Crippen LogP contribution in [0.4, 0.5) is 5.82 Å². The van der Waals surface area contributed by atoms with Crippen LogP contribution in [-0.4, -0.2) is 31.9 Å². The number of hydrogen-bond acceptors (Lipinski definition) is 4. The van der Waals surface area contributed by atoms with E-state index in [0.717, 1.165) is 55.0 Å². The molecular weight excluding hydrogens is 348 g/mol. The summed E-state index contributed by atoms with van der Waals surface area (Å²) < 4.78 is 1.92. The highest BCUT2D eigenvalue weighted by Gasteiger charge is 2.31. The van der Waals surface area contributed by atoms with Gasteiger partial charge in [0.1, 0.15) is 5.82 Å². The molecule has 0 radical (unpaired) electrons. The molecule has 0 atom stereocenters. The van der Waals surface area contributed by atoms with E-state index < -0.39 is 5.60 Å². The molecule has 0 spiro atoms. The zero-order valence-electron chi connectivity index (χ0n) is 17.0. The summed E-state index contributed by atoms with van der Waals surface area (Å²) in [4.78, 5) is 4.50. The Balaban J connectivity index is 1.45. The summed E-state index contributed by atoms with van der Waals surface area (Å²) in [6.07, 6.45) is 6.40. The Kier molecular flexibility index (Phi) is 5.11. The van der Waals surface area contributed by atoms with Crippen LogP contribution >= 0.6 is 0 Å². The molecule has 0 unspecified atom stereocenters. The lowest BCUT2D eigenvalue weighted by Gasteiger charge is -2.35. The number of rotatable bonds is 5. The molecule has 0 amide bonds. The van der Waals surface area contributed by atoms with Gasteiger partial charge >= 0.3 is 0 Å². The smallest absolute Gasteiger partial charge is 0.154 e. The Bertz CT molecular complexity index is 949. The van der Waals surface area contributed by atoms with E-state index in [1.54, 1.807) is 0 Å². The van der Waals surface area contributed by atoms with Gasteiger partial charge in [-0.05, 0) is 76.5 Å². The molecule has 5 heteroatoms. The zero-order valence-corrected chi connectivity index (χ0v) is 17.0. The Hall–Kier alpha value is -2.40. The Labute approximate surface area is 166 Å². The summed E-state index contributed by atoms with van der Waals surface area (Å²) in [5.41, 5.74) is 3.66. The Morgan fingerprint density at radius 1 is 1.14 bits per heavy atom. The van der Waals surface area contributed by atoms with Crippen LogP contribution in [0, 0.1) is 18.8 Å². The predicted molar refractivity (Wildman–Crippen MR) is 113 cm³/mol. The van der Waals surface area contributed by atoms with Gasteiger partial charge in [0.2, 0.25) is 0 Å². The van der Waals surface area contributed by atoms with E-state index in [4.69, 9.17) is 5.10 Å². The molecule has 1 aliphatic rings. The van der Waals surface area contributed by atoms with Crippen molar-refractivity contribution in [2.45, 2.75) is 52.1 Å². The van der Waals surface area contributed by atoms with Crippen LogP contribution in [0.25, 0.3) is 16.9 Å². The van der Waals surface area contributed by atoms with Crippen molar-refractivity contribution in [2.24, 2.45) is 11.8 Å². The number of nitrogens with zero attached hydrogens (tertiary/aromatic N) is 3. The molecule has 0 saturated heterocycles. The maximum Gasteiger partial charge on any atom is 0.154 e. The molecule has 1 saturated carbocycles. The number of aliphatic hydroxyl groups is 1. The number of hydrogen-bond donors (Lipinski definition) is 2. The van der Waals surface area contributed by atoms with Gasteiger partial charge in [-0.15, -0.1) is 5.10 Å². The number of imidazole rings is 1. The second-order valence-electron chi connectivity index (χ2n) is 8.75. The van der Waals surface area contributed by atoms with Crippen LogP contribution in [-0.2, 0) is 0 Å². The number of anilines is 1. The highest BCUT2D eigenvalue weighted by Crippen LogP contribution is 2.35. The van der Waals surface area contributed by atoms with Crippen molar-refractivity contribution >= 4 is 11.5 Å². The molecule has 2 N–H and O–H groups in total. The number of benzene rings is 1. The van der Waals surface area contributed by atoms with Gasteiger partial charge in [-0.2, -0.15) is 0 Å². The number of fused-ring (bicyclic) bond motifs is 1. The van der Waals surface area contributed by atoms with Gasteiger partial charge in [0, 0.05) is 12.1 Å². The molecule has 2 aromatic heterocycles. The van der Waals surface area contributed by atoms with Gasteiger partial charge in [-0.1, -0.05) is 23.8 Å². The Morgan fingerprint density at radius 2 is 1.93 bits per heavy atom. The fourth-order valence-electron chi connectivity index (χ4n) is 4.29. The lowest BCUT2D eigenvalue weighted by Crippen LogP contribution is -2.35. The van der Waals surface area contributed by atoms with E-state index in [1.165, 1.54) is 5.56 Å². The second kappa shape index (κ2) is 7.55. The fraction of sp³-hybridized carbons (Fsp3) is 0.478. The van der Waals surface area contributed by atoms with Crippen LogP contribution in [0.3, 0.4) is 0 Å². The van der Waals surface area contributed by atoms with Gasteiger partial charge in [-0.25, -0.2) is 9.50 Å². The molecule has 1 aromatic carbocycles. The lowest BCUT2D eigenvalue weighted by atomic mass is 9.75. The molecule has 4 rings (SSSR count). The number of aryl methyl sites for hydroxylation is 1. The van der Waals surface area contributed by atoms with E-state index in [-0.39, 0.29) is 0 Å². The minimum atomic E-state index is -0.557. The van der Waals surface area contributed by atoms with E-state index in [1.807, 2.05) is 36.7 Å². The predicted octanol–water partition coefficient (Wildman–Crippen LogP) is 4.69. The third-order valence-electron chi connectivity index (χ3n) is 6.09. The summed E-state index contributed by atoms with van der Waals surface area (Å²) >= 11 is 0. The first kappa shape index (κ1) is 18.9. The highest BCUT2D eigenvalue weighted by molar-refractivity contribution is 5.64. The van der Waals surface area contributed by atoms with E-state index in [9.17, 15) is 5.11 Å². The highest BCUT2D eigenvalue weighted by atomic mass is 16.3. The molecule has 0 aliphatic heterocycles. The van der Waals surface area contributed by atoms with Gasteiger partial charge in [0.25, 0.3) is 0 Å². The quantitative estimate of drug-likeness (QED) is 0.676. The van der Waals surface area contributed by atoms with Crippen molar-refractivity contribution < 1.29 is 5.11 Å². The average molecular weight is 379 g/mol. The van der Waals surface area contributed by atoms with Crippen molar-refractivity contribution in [1.29, 1.82) is 0 Å². The van der Waals surface area contributed by atoms with E-state index in [0.29, 0.717) is 11.8 Å². The minimum Gasteiger partial charge on any atom is -0.390 e. The maximum absolute atomic E-state index is 10.2. The maximum atomic E-state index is 10.2. The molecule has 5 nitrogen and oxygen atoms in total. The SMILES string of the molecule is Cc1cccc(-c2cnc3ccc(NCC4CCC(C(C)(C)O)CC4)nn23)c1. The van der Waals surface area contributed by atoms with Crippen molar-refractivity contribution in [3.63, 3.8) is 0 Å². The number of aromatic nitrogens is 3. The summed E-state index contributed by atoms with van der Waals surface area (Å²) in [6.45, 7) is 6.89. The van der Waals surface area contributed by atoms with Crippen LogP contribution in [0.2, 0.25) is 0 Å². The summed E-state index contributed by atoms with van der Waals surface area (Å²) in [6, 6.07) is 12.4. The van der Waals surface area contributed by atoms with Crippen LogP contribution in [0.5, 0.6) is 0 Å². The molecule has 2 heterocycles. The molecule has 1 aliphatic carbocycles. The topological polar surface area (TPSA) is 62.5 Å². The van der Waals surface area contributed by atoms with Crippen LogP contribution in [0.15, 0.2) is 42.6 Å². The lowest BCUT2D eigenvalue weighted by molar-refractivity contribution is -0.00502. The van der Waals surface area contributed by atoms with Crippen LogP contribution in [0.1, 0.15) is 45.1 Å². The fourth-order valence-corrected chi connectivity index (χ4v) is 4.29. The van der Waals surface area contributed by atoms with E-state index in [2.05, 4.69) is 41.5 Å². The van der Waals surface area contributed by atoms with Crippen molar-refractivity contribution in [3.05, 3.63) is 48.2 Å². The molecule has 3 aromatic rings. The third-order valence-corrected chi connectivity index (χ3v) is 6.09. The van der Waals surface area contributed by atoms with Crippen molar-refractivity contribution in [3.8, 4) is 11.3 Å². The first-order valence-electron chi connectivity index (χ1n) is 10.3. The monoisotopic (exact) mass is 378 g/mol. The first-order chi connectivity index (χ1) is 13.4.